The Labute approximate surface area is 124 Å². The quantitative estimate of drug-likeness (QED) is 0.337. The van der Waals surface area contributed by atoms with Gasteiger partial charge in [-0.15, -0.1) is 0 Å². The first-order chi connectivity index (χ1) is 9.94. The minimum Gasteiger partial charge on any atom is -0.409 e. The van der Waals surface area contributed by atoms with Crippen LogP contribution in [0.5, 0.6) is 0 Å². The van der Waals surface area contributed by atoms with Crippen LogP contribution in [0, 0.1) is 0 Å². The highest BCUT2D eigenvalue weighted by Crippen LogP contribution is 2.21. The lowest BCUT2D eigenvalue weighted by atomic mass is 10.1. The molecule has 0 spiro atoms. The first-order valence-corrected chi connectivity index (χ1v) is 8.25. The number of amidine groups is 1. The van der Waals surface area contributed by atoms with Gasteiger partial charge in [-0.05, 0) is 44.0 Å². The van der Waals surface area contributed by atoms with Gasteiger partial charge in [0.15, 0.2) is 5.84 Å². The van der Waals surface area contributed by atoms with Crippen molar-refractivity contribution < 1.29 is 13.6 Å². The Bertz CT molecular complexity index is 613. The normalized spacial score (nSPS) is 21.2. The lowest BCUT2D eigenvalue weighted by molar-refractivity contribution is 0.270. The van der Waals surface area contributed by atoms with E-state index in [9.17, 15) is 8.42 Å². The van der Waals surface area contributed by atoms with Crippen LogP contribution in [-0.2, 0) is 10.2 Å². The maximum Gasteiger partial charge on any atom is 0.301 e. The summed E-state index contributed by atoms with van der Waals surface area (Å²) in [5.41, 5.74) is 6.43. The molecule has 1 unspecified atom stereocenters. The first kappa shape index (κ1) is 15.6. The summed E-state index contributed by atoms with van der Waals surface area (Å²) in [4.78, 5) is 0. The van der Waals surface area contributed by atoms with Crippen molar-refractivity contribution in [1.82, 2.24) is 4.31 Å². The summed E-state index contributed by atoms with van der Waals surface area (Å²) < 4.78 is 28.8. The molecular formula is C13H20N4O3S. The minimum absolute atomic E-state index is 0.00712. The molecule has 1 heterocycles. The second-order valence-corrected chi connectivity index (χ2v) is 6.75. The van der Waals surface area contributed by atoms with E-state index in [0.717, 1.165) is 19.3 Å². The van der Waals surface area contributed by atoms with Gasteiger partial charge in [0.25, 0.3) is 0 Å². The van der Waals surface area contributed by atoms with Crippen LogP contribution in [0.2, 0.25) is 0 Å². The van der Waals surface area contributed by atoms with Gasteiger partial charge in [-0.3, -0.25) is 4.72 Å². The molecule has 0 bridgehead atoms. The maximum absolute atomic E-state index is 12.4. The molecule has 1 aliphatic rings. The average molecular weight is 312 g/mol. The molecule has 7 nitrogen and oxygen atoms in total. The van der Waals surface area contributed by atoms with Crippen LogP contribution in [0.1, 0.15) is 31.7 Å². The predicted molar refractivity (Wildman–Crippen MR) is 81.5 cm³/mol. The van der Waals surface area contributed by atoms with Crippen molar-refractivity contribution in [2.75, 3.05) is 11.3 Å². The number of nitrogens with one attached hydrogen (secondary N) is 1. The fourth-order valence-corrected chi connectivity index (χ4v) is 3.90. The number of nitrogens with zero attached hydrogens (tertiary/aromatic N) is 2. The van der Waals surface area contributed by atoms with Crippen molar-refractivity contribution >= 4 is 21.7 Å². The number of benzene rings is 1. The lowest BCUT2D eigenvalue weighted by Crippen LogP contribution is -2.44. The van der Waals surface area contributed by atoms with Gasteiger partial charge in [0.05, 0.1) is 0 Å². The van der Waals surface area contributed by atoms with Crippen LogP contribution >= 0.6 is 0 Å². The van der Waals surface area contributed by atoms with Gasteiger partial charge in [0.2, 0.25) is 0 Å². The van der Waals surface area contributed by atoms with E-state index in [2.05, 4.69) is 9.88 Å². The van der Waals surface area contributed by atoms with E-state index in [-0.39, 0.29) is 11.9 Å². The third kappa shape index (κ3) is 3.64. The molecule has 21 heavy (non-hydrogen) atoms. The van der Waals surface area contributed by atoms with Gasteiger partial charge in [-0.2, -0.15) is 12.7 Å². The number of nitrogens with two attached hydrogens (primary N) is 1. The van der Waals surface area contributed by atoms with Crippen LogP contribution < -0.4 is 10.5 Å². The maximum atomic E-state index is 12.4. The summed E-state index contributed by atoms with van der Waals surface area (Å²) in [6.45, 7) is 2.46. The van der Waals surface area contributed by atoms with E-state index in [4.69, 9.17) is 10.9 Å². The van der Waals surface area contributed by atoms with Crippen molar-refractivity contribution in [3.8, 4) is 0 Å². The molecule has 1 aromatic rings. The Hall–Kier alpha value is -1.80. The molecule has 1 saturated heterocycles. The molecule has 1 atom stereocenters. The predicted octanol–water partition coefficient (Wildman–Crippen LogP) is 1.31. The van der Waals surface area contributed by atoms with Crippen molar-refractivity contribution in [2.45, 2.75) is 32.2 Å². The SMILES string of the molecule is CC1CCCCN1S(=O)(=O)Nc1ccc(/C(N)=N/O)cc1. The van der Waals surface area contributed by atoms with Gasteiger partial charge >= 0.3 is 10.2 Å². The number of oxime groups is 1. The lowest BCUT2D eigenvalue weighted by Gasteiger charge is -2.32. The molecule has 0 aromatic heterocycles. The molecule has 8 heteroatoms. The van der Waals surface area contributed by atoms with Crippen LogP contribution in [0.25, 0.3) is 0 Å². The van der Waals surface area contributed by atoms with Gasteiger partial charge < -0.3 is 10.9 Å². The summed E-state index contributed by atoms with van der Waals surface area (Å²) >= 11 is 0. The molecule has 1 aromatic carbocycles. The van der Waals surface area contributed by atoms with Crippen molar-refractivity contribution in [1.29, 1.82) is 0 Å². The molecule has 0 radical (unpaired) electrons. The molecule has 0 aliphatic carbocycles. The fraction of sp³-hybridized carbons (Fsp3) is 0.462. The van der Waals surface area contributed by atoms with E-state index in [0.29, 0.717) is 17.8 Å². The monoisotopic (exact) mass is 312 g/mol. The Morgan fingerprint density at radius 1 is 1.38 bits per heavy atom. The van der Waals surface area contributed by atoms with Crippen molar-refractivity contribution in [3.63, 3.8) is 0 Å². The van der Waals surface area contributed by atoms with Gasteiger partial charge in [-0.1, -0.05) is 11.6 Å². The zero-order valence-corrected chi connectivity index (χ0v) is 12.7. The average Bonchev–Trinajstić information content (AvgIpc) is 2.47. The third-order valence-corrected chi connectivity index (χ3v) is 5.24. The molecular weight excluding hydrogens is 292 g/mol. The first-order valence-electron chi connectivity index (χ1n) is 6.81. The van der Waals surface area contributed by atoms with Crippen LogP contribution in [0.15, 0.2) is 29.4 Å². The third-order valence-electron chi connectivity index (χ3n) is 3.59. The summed E-state index contributed by atoms with van der Waals surface area (Å²) in [5, 5.41) is 11.5. The molecule has 116 valence electrons. The largest absolute Gasteiger partial charge is 0.409 e. The summed E-state index contributed by atoms with van der Waals surface area (Å²) in [5.74, 6) is -0.0194. The van der Waals surface area contributed by atoms with Crippen LogP contribution in [0.3, 0.4) is 0 Å². The summed E-state index contributed by atoms with van der Waals surface area (Å²) in [7, 11) is -3.55. The highest BCUT2D eigenvalue weighted by molar-refractivity contribution is 7.90. The number of piperidine rings is 1. The zero-order chi connectivity index (χ0) is 15.5. The smallest absolute Gasteiger partial charge is 0.301 e. The Balaban J connectivity index is 2.13. The van der Waals surface area contributed by atoms with Crippen LogP contribution in [0.4, 0.5) is 5.69 Å². The number of rotatable bonds is 4. The number of hydrogen-bond acceptors (Lipinski definition) is 4. The van der Waals surface area contributed by atoms with E-state index in [1.165, 1.54) is 4.31 Å². The van der Waals surface area contributed by atoms with Gasteiger partial charge in [0, 0.05) is 23.8 Å². The highest BCUT2D eigenvalue weighted by Gasteiger charge is 2.29. The second kappa shape index (κ2) is 6.31. The molecule has 2 rings (SSSR count). The Morgan fingerprint density at radius 2 is 2.05 bits per heavy atom. The molecule has 1 fully saturated rings. The fourth-order valence-electron chi connectivity index (χ4n) is 2.40. The number of anilines is 1. The number of hydrogen-bond donors (Lipinski definition) is 3. The van der Waals surface area contributed by atoms with E-state index >= 15 is 0 Å². The van der Waals surface area contributed by atoms with Crippen molar-refractivity contribution in [3.05, 3.63) is 29.8 Å². The van der Waals surface area contributed by atoms with Crippen LogP contribution in [-0.4, -0.2) is 36.4 Å². The van der Waals surface area contributed by atoms with Crippen molar-refractivity contribution in [2.24, 2.45) is 10.9 Å². The minimum atomic E-state index is -3.55. The molecule has 0 saturated carbocycles. The summed E-state index contributed by atoms with van der Waals surface area (Å²) in [6.07, 6.45) is 2.82. The zero-order valence-electron chi connectivity index (χ0n) is 11.9. The molecule has 4 N–H and O–H groups in total. The second-order valence-electron chi connectivity index (χ2n) is 5.13. The standard InChI is InChI=1S/C13H20N4O3S/c1-10-4-2-3-9-17(10)21(19,20)16-12-7-5-11(6-8-12)13(14)15-18/h5-8,10,16,18H,2-4,9H2,1H3,(H2,14,15). The van der Waals surface area contributed by atoms with Gasteiger partial charge in [0.1, 0.15) is 0 Å². The van der Waals surface area contributed by atoms with E-state index < -0.39 is 10.2 Å². The molecule has 1 aliphatic heterocycles. The topological polar surface area (TPSA) is 108 Å². The Morgan fingerprint density at radius 3 is 2.62 bits per heavy atom. The van der Waals surface area contributed by atoms with Gasteiger partial charge in [-0.25, -0.2) is 0 Å². The molecule has 0 amide bonds. The summed E-state index contributed by atoms with van der Waals surface area (Å²) in [6, 6.07) is 6.35. The Kier molecular flexibility index (Phi) is 4.69. The van der Waals surface area contributed by atoms with E-state index in [1.807, 2.05) is 6.92 Å². The highest BCUT2D eigenvalue weighted by atomic mass is 32.2. The van der Waals surface area contributed by atoms with E-state index in [1.54, 1.807) is 24.3 Å².